The lowest BCUT2D eigenvalue weighted by Gasteiger charge is -2.21. The Balaban J connectivity index is 2.23. The third-order valence-corrected chi connectivity index (χ3v) is 5.54. The first-order chi connectivity index (χ1) is 11.1. The topological polar surface area (TPSA) is 61.2 Å². The van der Waals surface area contributed by atoms with E-state index in [1.54, 1.807) is 15.9 Å². The molecule has 0 spiro atoms. The van der Waals surface area contributed by atoms with Crippen LogP contribution in [-0.4, -0.2) is 22.1 Å². The van der Waals surface area contributed by atoms with Gasteiger partial charge in [0.25, 0.3) is 5.56 Å². The van der Waals surface area contributed by atoms with Crippen molar-refractivity contribution in [2.24, 2.45) is 0 Å². The Hall–Kier alpha value is -1.69. The number of fused-ring (bicyclic) bond motifs is 3. The van der Waals surface area contributed by atoms with Crippen molar-refractivity contribution in [2.45, 2.75) is 58.9 Å². The smallest absolute Gasteiger partial charge is 0.313 e. The van der Waals surface area contributed by atoms with Gasteiger partial charge in [-0.25, -0.2) is 4.98 Å². The number of aryl methyl sites for hydroxylation is 2. The van der Waals surface area contributed by atoms with Gasteiger partial charge in [0.1, 0.15) is 10.7 Å². The van der Waals surface area contributed by atoms with Crippen molar-refractivity contribution >= 4 is 27.5 Å². The van der Waals surface area contributed by atoms with Crippen LogP contribution in [0.25, 0.3) is 10.2 Å². The molecule has 0 fully saturated rings. The fourth-order valence-corrected chi connectivity index (χ4v) is 4.69. The molecule has 1 aliphatic rings. The van der Waals surface area contributed by atoms with Crippen LogP contribution in [0.1, 0.15) is 55.3 Å². The maximum Gasteiger partial charge on any atom is 0.313 e. The van der Waals surface area contributed by atoms with Crippen molar-refractivity contribution in [1.82, 2.24) is 9.55 Å². The molecular weight excluding hydrogens is 312 g/mol. The number of carbonyl (C=O) groups excluding carboxylic acids is 1. The molecule has 1 atom stereocenters. The second-order valence-corrected chi connectivity index (χ2v) is 7.02. The summed E-state index contributed by atoms with van der Waals surface area (Å²) in [6.07, 6.45) is 3.49. The van der Waals surface area contributed by atoms with Crippen molar-refractivity contribution in [3.05, 3.63) is 26.6 Å². The highest BCUT2D eigenvalue weighted by molar-refractivity contribution is 7.18. The van der Waals surface area contributed by atoms with E-state index < -0.39 is 0 Å². The van der Waals surface area contributed by atoms with Gasteiger partial charge in [-0.3, -0.25) is 14.2 Å². The number of esters is 1. The van der Waals surface area contributed by atoms with Gasteiger partial charge in [-0.1, -0.05) is 6.92 Å². The van der Waals surface area contributed by atoms with Crippen LogP contribution in [0.3, 0.4) is 0 Å². The lowest BCUT2D eigenvalue weighted by molar-refractivity contribution is -0.145. The van der Waals surface area contributed by atoms with Crippen LogP contribution in [-0.2, 0) is 22.5 Å². The highest BCUT2D eigenvalue weighted by Crippen LogP contribution is 2.41. The summed E-state index contributed by atoms with van der Waals surface area (Å²) >= 11 is 1.56. The Morgan fingerprint density at radius 2 is 2.22 bits per heavy atom. The summed E-state index contributed by atoms with van der Waals surface area (Å²) in [5.41, 5.74) is 0.875. The number of hydrogen-bond acceptors (Lipinski definition) is 5. The Labute approximate surface area is 139 Å². The maximum atomic E-state index is 13.0. The predicted molar refractivity (Wildman–Crippen MR) is 91.2 cm³/mol. The zero-order valence-corrected chi connectivity index (χ0v) is 14.7. The first kappa shape index (κ1) is 16.2. The molecule has 2 aromatic rings. The van der Waals surface area contributed by atoms with Crippen molar-refractivity contribution in [3.8, 4) is 0 Å². The van der Waals surface area contributed by atoms with E-state index in [1.807, 2.05) is 20.8 Å². The molecule has 1 aliphatic carbocycles. The molecule has 0 aromatic carbocycles. The second kappa shape index (κ2) is 6.43. The Bertz CT molecular complexity index is 806. The van der Waals surface area contributed by atoms with E-state index in [0.29, 0.717) is 18.5 Å². The highest BCUT2D eigenvalue weighted by Gasteiger charge is 2.33. The summed E-state index contributed by atoms with van der Waals surface area (Å²) in [5.74, 6) is 0.213. The largest absolute Gasteiger partial charge is 0.466 e. The molecule has 0 aliphatic heterocycles. The molecule has 6 heteroatoms. The molecule has 0 radical (unpaired) electrons. The molecule has 2 aromatic heterocycles. The van der Waals surface area contributed by atoms with Gasteiger partial charge in [0.2, 0.25) is 0 Å². The van der Waals surface area contributed by atoms with Crippen molar-refractivity contribution < 1.29 is 9.53 Å². The van der Waals surface area contributed by atoms with Gasteiger partial charge in [-0.05, 0) is 45.1 Å². The average Bonchev–Trinajstić information content (AvgIpc) is 2.89. The van der Waals surface area contributed by atoms with Crippen molar-refractivity contribution in [2.75, 3.05) is 6.61 Å². The molecule has 0 amide bonds. The molecule has 5 nitrogen and oxygen atoms in total. The van der Waals surface area contributed by atoms with Crippen LogP contribution in [0.4, 0.5) is 0 Å². The zero-order chi connectivity index (χ0) is 16.6. The fourth-order valence-electron chi connectivity index (χ4n) is 3.38. The van der Waals surface area contributed by atoms with Gasteiger partial charge in [0.15, 0.2) is 0 Å². The standard InChI is InChI=1S/C17H22N2O3S/c1-4-9-19-10(3)18-15-14(16(19)20)13-11(17(21)22-5-2)7-6-8-12(13)23-15/h11H,4-9H2,1-3H3. The van der Waals surface area contributed by atoms with Crippen LogP contribution in [0.2, 0.25) is 0 Å². The summed E-state index contributed by atoms with van der Waals surface area (Å²) in [5, 5.41) is 0.641. The van der Waals surface area contributed by atoms with Crippen LogP contribution in [0.15, 0.2) is 4.79 Å². The fraction of sp³-hybridized carbons (Fsp3) is 0.588. The minimum atomic E-state index is -0.320. The van der Waals surface area contributed by atoms with Gasteiger partial charge in [-0.2, -0.15) is 0 Å². The minimum Gasteiger partial charge on any atom is -0.466 e. The number of nitrogens with zero attached hydrogens (tertiary/aromatic N) is 2. The molecule has 1 unspecified atom stereocenters. The van der Waals surface area contributed by atoms with Crippen molar-refractivity contribution in [3.63, 3.8) is 0 Å². The first-order valence-corrected chi connectivity index (χ1v) is 9.09. The number of carbonyl (C=O) groups is 1. The normalized spacial score (nSPS) is 17.3. The second-order valence-electron chi connectivity index (χ2n) is 5.93. The van der Waals surface area contributed by atoms with E-state index in [9.17, 15) is 9.59 Å². The van der Waals surface area contributed by atoms with Gasteiger partial charge in [0.05, 0.1) is 17.9 Å². The van der Waals surface area contributed by atoms with E-state index in [-0.39, 0.29) is 17.4 Å². The maximum absolute atomic E-state index is 13.0. The average molecular weight is 334 g/mol. The van der Waals surface area contributed by atoms with Gasteiger partial charge in [0, 0.05) is 11.4 Å². The van der Waals surface area contributed by atoms with E-state index in [4.69, 9.17) is 4.74 Å². The summed E-state index contributed by atoms with van der Waals surface area (Å²) in [7, 11) is 0. The van der Waals surface area contributed by atoms with Crippen LogP contribution in [0.5, 0.6) is 0 Å². The van der Waals surface area contributed by atoms with Gasteiger partial charge in [-0.15, -0.1) is 11.3 Å². The summed E-state index contributed by atoms with van der Waals surface area (Å²) in [4.78, 5) is 31.8. The minimum absolute atomic E-state index is 0.0111. The number of thiophene rings is 1. The molecule has 2 heterocycles. The Kier molecular flexibility index (Phi) is 4.53. The summed E-state index contributed by atoms with van der Waals surface area (Å²) in [6.45, 7) is 6.75. The monoisotopic (exact) mass is 334 g/mol. The number of hydrogen-bond donors (Lipinski definition) is 0. The molecule has 0 saturated heterocycles. The number of aromatic nitrogens is 2. The third-order valence-electron chi connectivity index (χ3n) is 4.38. The molecule has 23 heavy (non-hydrogen) atoms. The number of rotatable bonds is 4. The van der Waals surface area contributed by atoms with Crippen LogP contribution < -0.4 is 5.56 Å². The number of ether oxygens (including phenoxy) is 1. The summed E-state index contributed by atoms with van der Waals surface area (Å²) in [6, 6.07) is 0. The predicted octanol–water partition coefficient (Wildman–Crippen LogP) is 3.16. The molecular formula is C17H22N2O3S. The summed E-state index contributed by atoms with van der Waals surface area (Å²) < 4.78 is 6.96. The van der Waals surface area contributed by atoms with Crippen molar-refractivity contribution in [1.29, 1.82) is 0 Å². The van der Waals surface area contributed by atoms with Crippen LogP contribution >= 0.6 is 11.3 Å². The molecule has 124 valence electrons. The molecule has 0 N–H and O–H groups in total. The van der Waals surface area contributed by atoms with Gasteiger partial charge < -0.3 is 4.74 Å². The van der Waals surface area contributed by atoms with E-state index >= 15 is 0 Å². The Morgan fingerprint density at radius 1 is 1.43 bits per heavy atom. The Morgan fingerprint density at radius 3 is 2.91 bits per heavy atom. The lowest BCUT2D eigenvalue weighted by Crippen LogP contribution is -2.26. The first-order valence-electron chi connectivity index (χ1n) is 8.27. The van der Waals surface area contributed by atoms with Crippen LogP contribution in [0, 0.1) is 6.92 Å². The molecule has 0 saturated carbocycles. The zero-order valence-electron chi connectivity index (χ0n) is 13.8. The van der Waals surface area contributed by atoms with Gasteiger partial charge >= 0.3 is 5.97 Å². The molecule has 3 rings (SSSR count). The van der Waals surface area contributed by atoms with E-state index in [0.717, 1.165) is 46.8 Å². The van der Waals surface area contributed by atoms with E-state index in [1.165, 1.54) is 0 Å². The quantitative estimate of drug-likeness (QED) is 0.806. The molecule has 0 bridgehead atoms. The third kappa shape index (κ3) is 2.69. The lowest BCUT2D eigenvalue weighted by atomic mass is 9.86. The van der Waals surface area contributed by atoms with E-state index in [2.05, 4.69) is 4.98 Å². The SMILES string of the molecule is CCCn1c(C)nc2sc3c(c2c1=O)C(C(=O)OCC)CCC3. The highest BCUT2D eigenvalue weighted by atomic mass is 32.1.